The van der Waals surface area contributed by atoms with Crippen LogP contribution in [0.4, 0.5) is 0 Å². The molecule has 2 aliphatic rings. The second-order valence-electron chi connectivity index (χ2n) is 4.58. The first-order valence-electron chi connectivity index (χ1n) is 5.35. The molecule has 0 aromatic carbocycles. The monoisotopic (exact) mass is 197 g/mol. The van der Waals surface area contributed by atoms with Crippen LogP contribution in [-0.2, 0) is 4.79 Å². The second-order valence-corrected chi connectivity index (χ2v) is 4.58. The molecule has 1 saturated carbocycles. The molecular weight excluding hydrogens is 178 g/mol. The Labute approximate surface area is 85.0 Å². The molecule has 1 aliphatic heterocycles. The van der Waals surface area contributed by atoms with Gasteiger partial charge in [0.05, 0.1) is 11.6 Å². The third-order valence-corrected chi connectivity index (χ3v) is 3.52. The summed E-state index contributed by atoms with van der Waals surface area (Å²) < 4.78 is 0. The average molecular weight is 197 g/mol. The Kier molecular flexibility index (Phi) is 2.49. The third-order valence-electron chi connectivity index (χ3n) is 3.52. The molecule has 0 radical (unpaired) electrons. The normalized spacial score (nSPS) is 26.4. The van der Waals surface area contributed by atoms with Gasteiger partial charge < -0.3 is 15.5 Å². The van der Waals surface area contributed by atoms with Gasteiger partial charge in [-0.05, 0) is 33.4 Å². The van der Waals surface area contributed by atoms with Gasteiger partial charge >= 0.3 is 0 Å². The summed E-state index contributed by atoms with van der Waals surface area (Å²) in [5.74, 6) is 0.198. The highest BCUT2D eigenvalue weighted by atomic mass is 16.2. The molecule has 0 aromatic rings. The van der Waals surface area contributed by atoms with E-state index in [9.17, 15) is 4.79 Å². The number of carbonyl (C=O) groups is 1. The lowest BCUT2D eigenvalue weighted by Crippen LogP contribution is -2.66. The summed E-state index contributed by atoms with van der Waals surface area (Å²) in [6.07, 6.45) is 3.13. The number of likely N-dealkylation sites (tertiary alicyclic amines) is 1. The smallest absolute Gasteiger partial charge is 0.240 e. The van der Waals surface area contributed by atoms with Crippen LogP contribution in [-0.4, -0.2) is 49.6 Å². The van der Waals surface area contributed by atoms with Crippen LogP contribution in [0.2, 0.25) is 0 Å². The van der Waals surface area contributed by atoms with Crippen LogP contribution >= 0.6 is 0 Å². The molecular formula is C10H19N3O. The van der Waals surface area contributed by atoms with E-state index in [1.807, 2.05) is 7.05 Å². The fourth-order valence-electron chi connectivity index (χ4n) is 2.23. The van der Waals surface area contributed by atoms with Crippen molar-refractivity contribution in [2.75, 3.05) is 27.2 Å². The number of nitrogens with one attached hydrogen (secondary N) is 2. The number of hydrogen-bond donors (Lipinski definition) is 2. The molecule has 1 saturated heterocycles. The van der Waals surface area contributed by atoms with Crippen molar-refractivity contribution in [1.82, 2.24) is 15.5 Å². The molecule has 14 heavy (non-hydrogen) atoms. The highest BCUT2D eigenvalue weighted by molar-refractivity contribution is 5.87. The third kappa shape index (κ3) is 1.53. The lowest BCUT2D eigenvalue weighted by Gasteiger charge is -2.43. The van der Waals surface area contributed by atoms with Gasteiger partial charge in [0.25, 0.3) is 0 Å². The van der Waals surface area contributed by atoms with Gasteiger partial charge in [0.1, 0.15) is 0 Å². The minimum atomic E-state index is -0.242. The van der Waals surface area contributed by atoms with Crippen molar-refractivity contribution in [2.24, 2.45) is 0 Å². The summed E-state index contributed by atoms with van der Waals surface area (Å²) in [6, 6.07) is 0.373. The number of carbonyl (C=O) groups excluding carboxylic acids is 1. The van der Waals surface area contributed by atoms with Crippen LogP contribution in [0.25, 0.3) is 0 Å². The van der Waals surface area contributed by atoms with Crippen molar-refractivity contribution >= 4 is 5.91 Å². The van der Waals surface area contributed by atoms with Crippen LogP contribution in [0.1, 0.15) is 19.3 Å². The number of amides is 1. The van der Waals surface area contributed by atoms with Crippen molar-refractivity contribution < 1.29 is 4.79 Å². The van der Waals surface area contributed by atoms with Crippen molar-refractivity contribution in [3.63, 3.8) is 0 Å². The number of likely N-dealkylation sites (N-methyl/N-ethyl adjacent to an activating group) is 2. The molecule has 4 nitrogen and oxygen atoms in total. The average Bonchev–Trinajstić information content (AvgIpc) is 2.00. The van der Waals surface area contributed by atoms with Crippen molar-refractivity contribution in [1.29, 1.82) is 0 Å². The standard InChI is InChI=1S/C10H19N3O/c1-11-10(4-3-5-10)9(14)12-8-6-13(2)7-8/h8,11H,3-7H2,1-2H3,(H,12,14). The predicted molar refractivity (Wildman–Crippen MR) is 55.1 cm³/mol. The zero-order chi connectivity index (χ0) is 10.2. The Morgan fingerprint density at radius 3 is 2.43 bits per heavy atom. The van der Waals surface area contributed by atoms with Gasteiger partial charge in [-0.3, -0.25) is 4.79 Å². The van der Waals surface area contributed by atoms with E-state index in [2.05, 4.69) is 22.6 Å². The molecule has 2 N–H and O–H groups in total. The summed E-state index contributed by atoms with van der Waals surface area (Å²) in [6.45, 7) is 1.98. The molecule has 1 aliphatic carbocycles. The Morgan fingerprint density at radius 1 is 1.43 bits per heavy atom. The zero-order valence-corrected chi connectivity index (χ0v) is 8.97. The molecule has 0 bridgehead atoms. The van der Waals surface area contributed by atoms with Crippen LogP contribution in [0.3, 0.4) is 0 Å². The van der Waals surface area contributed by atoms with E-state index in [1.165, 1.54) is 6.42 Å². The van der Waals surface area contributed by atoms with E-state index in [1.54, 1.807) is 0 Å². The van der Waals surface area contributed by atoms with E-state index in [0.29, 0.717) is 6.04 Å². The second kappa shape index (κ2) is 3.51. The number of hydrogen-bond acceptors (Lipinski definition) is 3. The zero-order valence-electron chi connectivity index (χ0n) is 8.97. The molecule has 0 atom stereocenters. The van der Waals surface area contributed by atoms with Gasteiger partial charge in [-0.15, -0.1) is 0 Å². The number of nitrogens with zero attached hydrogens (tertiary/aromatic N) is 1. The first kappa shape index (κ1) is 9.93. The van der Waals surface area contributed by atoms with Crippen LogP contribution in [0, 0.1) is 0 Å². The highest BCUT2D eigenvalue weighted by Gasteiger charge is 2.43. The van der Waals surface area contributed by atoms with Crippen molar-refractivity contribution in [3.8, 4) is 0 Å². The molecule has 0 spiro atoms. The summed E-state index contributed by atoms with van der Waals surface area (Å²) in [5, 5.41) is 6.25. The van der Waals surface area contributed by atoms with E-state index < -0.39 is 0 Å². The molecule has 2 fully saturated rings. The van der Waals surface area contributed by atoms with Crippen LogP contribution in [0.15, 0.2) is 0 Å². The topological polar surface area (TPSA) is 44.4 Å². The molecule has 4 heteroatoms. The van der Waals surface area contributed by atoms with Crippen molar-refractivity contribution in [2.45, 2.75) is 30.8 Å². The molecule has 80 valence electrons. The van der Waals surface area contributed by atoms with Crippen LogP contribution in [0.5, 0.6) is 0 Å². The highest BCUT2D eigenvalue weighted by Crippen LogP contribution is 2.31. The molecule has 1 amide bonds. The Bertz CT molecular complexity index is 226. The fraction of sp³-hybridized carbons (Fsp3) is 0.900. The van der Waals surface area contributed by atoms with Gasteiger partial charge in [0.2, 0.25) is 5.91 Å². The van der Waals surface area contributed by atoms with Gasteiger partial charge in [-0.2, -0.15) is 0 Å². The minimum absolute atomic E-state index is 0.198. The van der Waals surface area contributed by atoms with Gasteiger partial charge in [-0.25, -0.2) is 0 Å². The maximum atomic E-state index is 11.9. The van der Waals surface area contributed by atoms with Gasteiger partial charge in [0, 0.05) is 13.1 Å². The van der Waals surface area contributed by atoms with Gasteiger partial charge in [0.15, 0.2) is 0 Å². The van der Waals surface area contributed by atoms with Gasteiger partial charge in [-0.1, -0.05) is 0 Å². The summed E-state index contributed by atoms with van der Waals surface area (Å²) in [4.78, 5) is 14.1. The Morgan fingerprint density at radius 2 is 2.07 bits per heavy atom. The predicted octanol–water partition coefficient (Wildman–Crippen LogP) is -0.441. The van der Waals surface area contributed by atoms with E-state index >= 15 is 0 Å². The summed E-state index contributed by atoms with van der Waals surface area (Å²) in [7, 11) is 3.95. The first-order chi connectivity index (χ1) is 6.66. The maximum absolute atomic E-state index is 11.9. The first-order valence-corrected chi connectivity index (χ1v) is 5.35. The molecule has 0 unspecified atom stereocenters. The number of rotatable bonds is 3. The Hall–Kier alpha value is -0.610. The van der Waals surface area contributed by atoms with E-state index in [-0.39, 0.29) is 11.4 Å². The van der Waals surface area contributed by atoms with Crippen molar-refractivity contribution in [3.05, 3.63) is 0 Å². The maximum Gasteiger partial charge on any atom is 0.240 e. The van der Waals surface area contributed by atoms with E-state index in [4.69, 9.17) is 0 Å². The quantitative estimate of drug-likeness (QED) is 0.644. The summed E-state index contributed by atoms with van der Waals surface area (Å²) >= 11 is 0. The lowest BCUT2D eigenvalue weighted by molar-refractivity contribution is -0.132. The minimum Gasteiger partial charge on any atom is -0.349 e. The summed E-state index contributed by atoms with van der Waals surface area (Å²) in [5.41, 5.74) is -0.242. The molecule has 0 aromatic heterocycles. The van der Waals surface area contributed by atoms with E-state index in [0.717, 1.165) is 25.9 Å². The van der Waals surface area contributed by atoms with Crippen LogP contribution < -0.4 is 10.6 Å². The largest absolute Gasteiger partial charge is 0.349 e. The lowest BCUT2D eigenvalue weighted by atomic mass is 9.76. The SMILES string of the molecule is CNC1(C(=O)NC2CN(C)C2)CCC1. The fourth-order valence-corrected chi connectivity index (χ4v) is 2.23. The molecule has 1 heterocycles. The molecule has 2 rings (SSSR count). The Balaban J connectivity index is 1.83.